The smallest absolute Gasteiger partial charge is 0.348 e. The minimum atomic E-state index is -3.37. The van der Waals surface area contributed by atoms with Gasteiger partial charge >= 0.3 is 5.97 Å². The predicted molar refractivity (Wildman–Crippen MR) is 155 cm³/mol. The second-order valence-electron chi connectivity index (χ2n) is 10.4. The topological polar surface area (TPSA) is 85.4 Å². The summed E-state index contributed by atoms with van der Waals surface area (Å²) < 4.78 is 44.0. The van der Waals surface area contributed by atoms with Gasteiger partial charge in [0.1, 0.15) is 11.5 Å². The number of hydrogen-bond donors (Lipinski definition) is 0. The van der Waals surface area contributed by atoms with E-state index in [-0.39, 0.29) is 17.8 Å². The van der Waals surface area contributed by atoms with Gasteiger partial charge in [-0.2, -0.15) is 0 Å². The molecule has 1 aromatic carbocycles. The highest BCUT2D eigenvalue weighted by Crippen LogP contribution is 2.32. The third kappa shape index (κ3) is 8.50. The molecule has 2 atom stereocenters. The minimum absolute atomic E-state index is 0.121. The lowest BCUT2D eigenvalue weighted by molar-refractivity contribution is 0.0197. The summed E-state index contributed by atoms with van der Waals surface area (Å²) in [6.45, 7) is 9.29. The van der Waals surface area contributed by atoms with Crippen molar-refractivity contribution in [1.82, 2.24) is 4.90 Å². The van der Waals surface area contributed by atoms with E-state index in [9.17, 15) is 13.2 Å². The van der Waals surface area contributed by atoms with Crippen molar-refractivity contribution < 1.29 is 27.4 Å². The second kappa shape index (κ2) is 14.6. The van der Waals surface area contributed by atoms with Crippen LogP contribution in [0.15, 0.2) is 36.4 Å². The van der Waals surface area contributed by atoms with Gasteiger partial charge in [-0.15, -0.1) is 11.3 Å². The lowest BCUT2D eigenvalue weighted by Crippen LogP contribution is -2.38. The van der Waals surface area contributed by atoms with E-state index in [1.807, 2.05) is 18.2 Å². The molecule has 216 valence electrons. The van der Waals surface area contributed by atoms with E-state index in [1.165, 1.54) is 40.5 Å². The Kier molecular flexibility index (Phi) is 11.2. The summed E-state index contributed by atoms with van der Waals surface area (Å²) in [6, 6.07) is 11.4. The average Bonchev–Trinajstić information content (AvgIpc) is 3.53. The minimum Gasteiger partial charge on any atom is -0.460 e. The molecule has 3 heterocycles. The monoisotopic (exact) mass is 578 g/mol. The van der Waals surface area contributed by atoms with E-state index in [2.05, 4.69) is 30.9 Å². The van der Waals surface area contributed by atoms with Crippen molar-refractivity contribution >= 4 is 33.0 Å². The molecule has 4 rings (SSSR count). The first kappa shape index (κ1) is 30.0. The van der Waals surface area contributed by atoms with Gasteiger partial charge in [0, 0.05) is 24.5 Å². The van der Waals surface area contributed by atoms with Gasteiger partial charge in [-0.1, -0.05) is 45.2 Å². The molecule has 1 aromatic heterocycles. The zero-order valence-electron chi connectivity index (χ0n) is 23.2. The highest BCUT2D eigenvalue weighted by Gasteiger charge is 2.37. The van der Waals surface area contributed by atoms with Gasteiger partial charge in [0.2, 0.25) is 10.0 Å². The average molecular weight is 579 g/mol. The molecule has 2 unspecified atom stereocenters. The number of nitrogens with zero attached hydrogens (tertiary/aromatic N) is 2. The highest BCUT2D eigenvalue weighted by atomic mass is 32.2. The van der Waals surface area contributed by atoms with Crippen molar-refractivity contribution in [3.63, 3.8) is 0 Å². The normalized spacial score (nSPS) is 20.3. The Morgan fingerprint density at radius 2 is 1.90 bits per heavy atom. The number of anilines is 1. The predicted octanol–water partition coefficient (Wildman–Crippen LogP) is 5.05. The second-order valence-corrected chi connectivity index (χ2v) is 13.5. The van der Waals surface area contributed by atoms with Crippen LogP contribution in [-0.4, -0.2) is 77.1 Å². The SMILES string of the molecule is CCCCCC(C)c1ccc(N2C(COCc3ccc(C(=O)OCCN4CCOCC4)s3)CCS2(=O)=O)cc1. The summed E-state index contributed by atoms with van der Waals surface area (Å²) in [6.07, 6.45) is 5.33. The Hall–Kier alpha value is -1.98. The molecule has 0 bridgehead atoms. The molecule has 0 aliphatic carbocycles. The van der Waals surface area contributed by atoms with Crippen LogP contribution >= 0.6 is 11.3 Å². The molecular formula is C29H42N2O6S2. The van der Waals surface area contributed by atoms with Crippen LogP contribution in [0.4, 0.5) is 5.69 Å². The van der Waals surface area contributed by atoms with Gasteiger partial charge in [-0.25, -0.2) is 13.2 Å². The van der Waals surface area contributed by atoms with Gasteiger partial charge in [0.15, 0.2) is 0 Å². The quantitative estimate of drug-likeness (QED) is 0.229. The highest BCUT2D eigenvalue weighted by molar-refractivity contribution is 7.93. The number of sulfonamides is 1. The fourth-order valence-electron chi connectivity index (χ4n) is 5.09. The van der Waals surface area contributed by atoms with E-state index in [4.69, 9.17) is 14.2 Å². The number of ether oxygens (including phenoxy) is 3. The number of carbonyl (C=O) groups is 1. The van der Waals surface area contributed by atoms with E-state index < -0.39 is 10.0 Å². The summed E-state index contributed by atoms with van der Waals surface area (Å²) in [5, 5.41) is 0. The van der Waals surface area contributed by atoms with Gasteiger partial charge in [-0.3, -0.25) is 9.21 Å². The van der Waals surface area contributed by atoms with Crippen LogP contribution in [0.5, 0.6) is 0 Å². The van der Waals surface area contributed by atoms with Crippen LogP contribution in [0.1, 0.15) is 72.0 Å². The number of morpholine rings is 1. The number of thiophene rings is 1. The summed E-state index contributed by atoms with van der Waals surface area (Å²) >= 11 is 1.35. The van der Waals surface area contributed by atoms with Crippen LogP contribution in [0, 0.1) is 0 Å². The maximum atomic E-state index is 12.9. The number of carbonyl (C=O) groups excluding carboxylic acids is 1. The third-order valence-corrected chi connectivity index (χ3v) is 10.4. The van der Waals surface area contributed by atoms with Crippen LogP contribution < -0.4 is 4.31 Å². The largest absolute Gasteiger partial charge is 0.460 e. The van der Waals surface area contributed by atoms with Crippen molar-refractivity contribution in [3.8, 4) is 0 Å². The molecule has 2 aromatic rings. The Morgan fingerprint density at radius 3 is 2.64 bits per heavy atom. The molecule has 0 N–H and O–H groups in total. The standard InChI is InChI=1S/C29H42N2O6S2/c1-3-4-5-6-23(2)24-7-9-25(10-8-24)31-26(13-20-39(31,33)34)21-36-22-27-11-12-28(38-27)29(32)37-19-16-30-14-17-35-18-15-30/h7-12,23,26H,3-6,13-22H2,1-2H3. The van der Waals surface area contributed by atoms with Crippen molar-refractivity contribution in [2.24, 2.45) is 0 Å². The van der Waals surface area contributed by atoms with Crippen LogP contribution in [0.2, 0.25) is 0 Å². The maximum absolute atomic E-state index is 12.9. The molecule has 0 saturated carbocycles. The molecule has 2 aliphatic rings. The maximum Gasteiger partial charge on any atom is 0.348 e. The van der Waals surface area contributed by atoms with Crippen molar-refractivity contribution in [1.29, 1.82) is 0 Å². The van der Waals surface area contributed by atoms with Crippen LogP contribution in [0.25, 0.3) is 0 Å². The van der Waals surface area contributed by atoms with E-state index >= 15 is 0 Å². The van der Waals surface area contributed by atoms with Gasteiger partial charge in [0.05, 0.1) is 43.9 Å². The number of unbranched alkanes of at least 4 members (excludes halogenated alkanes) is 2. The fourth-order valence-corrected chi connectivity index (χ4v) is 7.76. The van der Waals surface area contributed by atoms with Gasteiger partial charge in [0.25, 0.3) is 0 Å². The van der Waals surface area contributed by atoms with Crippen molar-refractivity contribution in [2.45, 2.75) is 64.5 Å². The first-order valence-corrected chi connectivity index (χ1v) is 16.6. The molecule has 10 heteroatoms. The summed E-state index contributed by atoms with van der Waals surface area (Å²) in [7, 11) is -3.37. The number of rotatable bonds is 14. The zero-order chi connectivity index (χ0) is 27.7. The molecule has 0 amide bonds. The van der Waals surface area contributed by atoms with Crippen molar-refractivity contribution in [2.75, 3.05) is 56.1 Å². The van der Waals surface area contributed by atoms with Crippen LogP contribution in [-0.2, 0) is 30.8 Å². The summed E-state index contributed by atoms with van der Waals surface area (Å²) in [5.41, 5.74) is 1.94. The number of benzene rings is 1. The summed E-state index contributed by atoms with van der Waals surface area (Å²) in [5.74, 6) is 0.253. The Labute approximate surface area is 237 Å². The van der Waals surface area contributed by atoms with E-state index in [0.717, 1.165) is 37.6 Å². The fraction of sp³-hybridized carbons (Fsp3) is 0.621. The summed E-state index contributed by atoms with van der Waals surface area (Å²) in [4.78, 5) is 16.1. The van der Waals surface area contributed by atoms with E-state index in [1.54, 1.807) is 6.07 Å². The Morgan fingerprint density at radius 1 is 1.13 bits per heavy atom. The lowest BCUT2D eigenvalue weighted by atomic mass is 9.95. The molecule has 8 nitrogen and oxygen atoms in total. The number of esters is 1. The molecule has 0 spiro atoms. The molecule has 39 heavy (non-hydrogen) atoms. The third-order valence-electron chi connectivity index (χ3n) is 7.46. The molecule has 2 saturated heterocycles. The zero-order valence-corrected chi connectivity index (χ0v) is 24.8. The molecule has 2 aliphatic heterocycles. The van der Waals surface area contributed by atoms with Crippen LogP contribution in [0.3, 0.4) is 0 Å². The Balaban J connectivity index is 1.25. The molecular weight excluding hydrogens is 536 g/mol. The molecule has 2 fully saturated rings. The molecule has 0 radical (unpaired) electrons. The van der Waals surface area contributed by atoms with Gasteiger partial charge < -0.3 is 14.2 Å². The number of hydrogen-bond acceptors (Lipinski definition) is 8. The first-order chi connectivity index (χ1) is 18.9. The van der Waals surface area contributed by atoms with Crippen molar-refractivity contribution in [3.05, 3.63) is 51.7 Å². The first-order valence-electron chi connectivity index (χ1n) is 14.1. The van der Waals surface area contributed by atoms with Gasteiger partial charge in [-0.05, 0) is 48.6 Å². The lowest BCUT2D eigenvalue weighted by Gasteiger charge is -2.26. The van der Waals surface area contributed by atoms with E-state index in [0.29, 0.717) is 49.3 Å². The Bertz CT molecular complexity index is 1140.